The Morgan fingerprint density at radius 3 is 2.96 bits per heavy atom. The number of para-hydroxylation sites is 1. The Labute approximate surface area is 139 Å². The summed E-state index contributed by atoms with van der Waals surface area (Å²) in [5, 5.41) is 7.80. The molecule has 3 aromatic rings. The Bertz CT molecular complexity index is 890. The standard InChI is InChI=1S/C18H16N4O2/c1-21(14-6-7-17-13(12-14)8-11-24-17)18(23)15-4-2-3-5-16(15)22-10-9-19-20-22/h2-7,9-10,12H,8,11H2,1H3. The largest absolute Gasteiger partial charge is 0.493 e. The van der Waals surface area contributed by atoms with E-state index in [1.165, 1.54) is 0 Å². The first kappa shape index (κ1) is 14.4. The molecule has 1 amide bonds. The number of benzene rings is 2. The van der Waals surface area contributed by atoms with Gasteiger partial charge in [0.05, 0.1) is 30.3 Å². The summed E-state index contributed by atoms with van der Waals surface area (Å²) < 4.78 is 7.12. The summed E-state index contributed by atoms with van der Waals surface area (Å²) in [6.07, 6.45) is 4.19. The summed E-state index contributed by atoms with van der Waals surface area (Å²) in [6.45, 7) is 0.700. The van der Waals surface area contributed by atoms with Crippen LogP contribution in [0.1, 0.15) is 15.9 Å². The van der Waals surface area contributed by atoms with Crippen molar-refractivity contribution in [1.29, 1.82) is 0 Å². The minimum atomic E-state index is -0.0973. The zero-order valence-electron chi connectivity index (χ0n) is 13.2. The second-order valence-electron chi connectivity index (χ2n) is 5.62. The van der Waals surface area contributed by atoms with Gasteiger partial charge in [-0.25, -0.2) is 4.68 Å². The van der Waals surface area contributed by atoms with Crippen molar-refractivity contribution in [3.05, 3.63) is 66.0 Å². The summed E-state index contributed by atoms with van der Waals surface area (Å²) in [4.78, 5) is 14.6. The summed E-state index contributed by atoms with van der Waals surface area (Å²) in [5.74, 6) is 0.808. The Morgan fingerprint density at radius 1 is 1.25 bits per heavy atom. The van der Waals surface area contributed by atoms with E-state index in [-0.39, 0.29) is 5.91 Å². The predicted molar refractivity (Wildman–Crippen MR) is 89.7 cm³/mol. The van der Waals surface area contributed by atoms with E-state index in [0.717, 1.165) is 23.4 Å². The topological polar surface area (TPSA) is 60.2 Å². The molecule has 6 nitrogen and oxygen atoms in total. The first-order chi connectivity index (χ1) is 11.7. The van der Waals surface area contributed by atoms with Crippen molar-refractivity contribution in [2.75, 3.05) is 18.6 Å². The van der Waals surface area contributed by atoms with Gasteiger partial charge < -0.3 is 9.64 Å². The van der Waals surface area contributed by atoms with Gasteiger partial charge in [0.2, 0.25) is 0 Å². The van der Waals surface area contributed by atoms with Crippen LogP contribution in [0.2, 0.25) is 0 Å². The maximum Gasteiger partial charge on any atom is 0.260 e. The number of nitrogens with zero attached hydrogens (tertiary/aromatic N) is 4. The van der Waals surface area contributed by atoms with Crippen LogP contribution in [0.15, 0.2) is 54.9 Å². The minimum absolute atomic E-state index is 0.0973. The zero-order chi connectivity index (χ0) is 16.5. The quantitative estimate of drug-likeness (QED) is 0.744. The van der Waals surface area contributed by atoms with Gasteiger partial charge in [-0.05, 0) is 35.9 Å². The SMILES string of the molecule is CN(C(=O)c1ccccc1-n1ccnn1)c1ccc2c(c1)CCO2. The number of hydrogen-bond donors (Lipinski definition) is 0. The highest BCUT2D eigenvalue weighted by atomic mass is 16.5. The molecule has 1 aliphatic rings. The smallest absolute Gasteiger partial charge is 0.260 e. The van der Waals surface area contributed by atoms with Crippen LogP contribution in [0, 0.1) is 0 Å². The minimum Gasteiger partial charge on any atom is -0.493 e. The predicted octanol–water partition coefficient (Wildman–Crippen LogP) is 2.48. The molecule has 1 aliphatic heterocycles. The van der Waals surface area contributed by atoms with Crippen molar-refractivity contribution >= 4 is 11.6 Å². The average Bonchev–Trinajstić information content (AvgIpc) is 3.31. The van der Waals surface area contributed by atoms with Crippen LogP contribution < -0.4 is 9.64 Å². The summed E-state index contributed by atoms with van der Waals surface area (Å²) >= 11 is 0. The number of anilines is 1. The Balaban J connectivity index is 1.69. The molecule has 0 saturated carbocycles. The van der Waals surface area contributed by atoms with Gasteiger partial charge in [-0.1, -0.05) is 17.3 Å². The van der Waals surface area contributed by atoms with E-state index < -0.39 is 0 Å². The van der Waals surface area contributed by atoms with E-state index >= 15 is 0 Å². The number of hydrogen-bond acceptors (Lipinski definition) is 4. The third kappa shape index (κ3) is 2.42. The molecule has 0 unspecified atom stereocenters. The van der Waals surface area contributed by atoms with E-state index in [2.05, 4.69) is 10.3 Å². The lowest BCUT2D eigenvalue weighted by Gasteiger charge is -2.19. The average molecular weight is 320 g/mol. The fourth-order valence-corrected chi connectivity index (χ4v) is 2.87. The second kappa shape index (κ2) is 5.81. The molecule has 120 valence electrons. The Hall–Kier alpha value is -3.15. The molecular weight excluding hydrogens is 304 g/mol. The van der Waals surface area contributed by atoms with Gasteiger partial charge in [-0.2, -0.15) is 0 Å². The van der Waals surface area contributed by atoms with Crippen molar-refractivity contribution in [3.63, 3.8) is 0 Å². The van der Waals surface area contributed by atoms with Gasteiger partial charge >= 0.3 is 0 Å². The molecule has 1 aromatic heterocycles. The van der Waals surface area contributed by atoms with Crippen molar-refractivity contribution < 1.29 is 9.53 Å². The van der Waals surface area contributed by atoms with Gasteiger partial charge in [0, 0.05) is 19.2 Å². The van der Waals surface area contributed by atoms with Crippen LogP contribution in [0.5, 0.6) is 5.75 Å². The van der Waals surface area contributed by atoms with Crippen molar-refractivity contribution in [1.82, 2.24) is 15.0 Å². The van der Waals surface area contributed by atoms with E-state index in [4.69, 9.17) is 4.74 Å². The number of fused-ring (bicyclic) bond motifs is 1. The van der Waals surface area contributed by atoms with E-state index in [0.29, 0.717) is 17.9 Å². The highest BCUT2D eigenvalue weighted by Crippen LogP contribution is 2.30. The molecule has 2 aromatic carbocycles. The van der Waals surface area contributed by atoms with E-state index in [1.807, 2.05) is 36.4 Å². The van der Waals surface area contributed by atoms with Crippen LogP contribution in [-0.4, -0.2) is 34.6 Å². The maximum absolute atomic E-state index is 13.0. The second-order valence-corrected chi connectivity index (χ2v) is 5.62. The van der Waals surface area contributed by atoms with Crippen LogP contribution in [0.4, 0.5) is 5.69 Å². The van der Waals surface area contributed by atoms with Crippen LogP contribution in [0.25, 0.3) is 5.69 Å². The number of rotatable bonds is 3. The molecule has 0 spiro atoms. The molecule has 0 aliphatic carbocycles. The van der Waals surface area contributed by atoms with Gasteiger partial charge in [-0.3, -0.25) is 4.79 Å². The van der Waals surface area contributed by atoms with Gasteiger partial charge in [0.1, 0.15) is 5.75 Å². The first-order valence-corrected chi connectivity index (χ1v) is 7.73. The highest BCUT2D eigenvalue weighted by Gasteiger charge is 2.20. The molecule has 0 bridgehead atoms. The third-order valence-corrected chi connectivity index (χ3v) is 4.17. The third-order valence-electron chi connectivity index (χ3n) is 4.17. The molecular formula is C18H16N4O2. The molecule has 0 N–H and O–H groups in total. The number of ether oxygens (including phenoxy) is 1. The number of aromatic nitrogens is 3. The Morgan fingerprint density at radius 2 is 2.12 bits per heavy atom. The van der Waals surface area contributed by atoms with Gasteiger partial charge in [0.25, 0.3) is 5.91 Å². The lowest BCUT2D eigenvalue weighted by molar-refractivity contribution is 0.0993. The number of carbonyl (C=O) groups excluding carboxylic acids is 1. The zero-order valence-corrected chi connectivity index (χ0v) is 13.2. The maximum atomic E-state index is 13.0. The fraction of sp³-hybridized carbons (Fsp3) is 0.167. The molecule has 0 fully saturated rings. The van der Waals surface area contributed by atoms with Crippen molar-refractivity contribution in [2.45, 2.75) is 6.42 Å². The molecule has 24 heavy (non-hydrogen) atoms. The lowest BCUT2D eigenvalue weighted by atomic mass is 10.1. The van der Waals surface area contributed by atoms with Gasteiger partial charge in [-0.15, -0.1) is 5.10 Å². The van der Waals surface area contributed by atoms with Gasteiger partial charge in [0.15, 0.2) is 0 Å². The van der Waals surface area contributed by atoms with Crippen LogP contribution in [0.3, 0.4) is 0 Å². The Kier molecular flexibility index (Phi) is 3.49. The van der Waals surface area contributed by atoms with Crippen LogP contribution in [-0.2, 0) is 6.42 Å². The van der Waals surface area contributed by atoms with Crippen LogP contribution >= 0.6 is 0 Å². The first-order valence-electron chi connectivity index (χ1n) is 7.73. The van der Waals surface area contributed by atoms with Crippen molar-refractivity contribution in [2.24, 2.45) is 0 Å². The molecule has 6 heteroatoms. The summed E-state index contributed by atoms with van der Waals surface area (Å²) in [6, 6.07) is 13.2. The highest BCUT2D eigenvalue weighted by molar-refractivity contribution is 6.08. The van der Waals surface area contributed by atoms with Crippen molar-refractivity contribution in [3.8, 4) is 11.4 Å². The molecule has 0 saturated heterocycles. The number of amides is 1. The molecule has 2 heterocycles. The summed E-state index contributed by atoms with van der Waals surface area (Å²) in [5.41, 5.74) is 3.26. The lowest BCUT2D eigenvalue weighted by Crippen LogP contribution is -2.27. The monoisotopic (exact) mass is 320 g/mol. The normalized spacial score (nSPS) is 12.5. The summed E-state index contributed by atoms with van der Waals surface area (Å²) in [7, 11) is 1.78. The molecule has 0 radical (unpaired) electrons. The molecule has 4 rings (SSSR count). The van der Waals surface area contributed by atoms with E-state index in [9.17, 15) is 4.79 Å². The fourth-order valence-electron chi connectivity index (χ4n) is 2.87. The van der Waals surface area contributed by atoms with E-state index in [1.54, 1.807) is 35.1 Å². The number of carbonyl (C=O) groups is 1. The molecule has 0 atom stereocenters.